The zero-order valence-electron chi connectivity index (χ0n) is 19.5. The number of nitrogens with zero attached hydrogens (tertiary/aromatic N) is 1. The zero-order valence-corrected chi connectivity index (χ0v) is 19.5. The Hall–Kier alpha value is -4.05. The highest BCUT2D eigenvalue weighted by Gasteiger charge is 2.43. The fraction of sp³-hybridized carbons (Fsp3) is 0.296. The van der Waals surface area contributed by atoms with Crippen molar-refractivity contribution in [3.8, 4) is 11.8 Å². The van der Waals surface area contributed by atoms with Crippen LogP contribution in [-0.4, -0.2) is 18.3 Å². The number of hydrogen-bond donors (Lipinski definition) is 2. The van der Waals surface area contributed by atoms with Crippen LogP contribution in [0, 0.1) is 23.7 Å². The van der Waals surface area contributed by atoms with Crippen LogP contribution in [0.3, 0.4) is 0 Å². The second kappa shape index (κ2) is 9.06. The van der Waals surface area contributed by atoms with Gasteiger partial charge in [0.1, 0.15) is 23.2 Å². The summed E-state index contributed by atoms with van der Waals surface area (Å²) in [6.07, 6.45) is 0.916. The number of nitriles is 1. The van der Waals surface area contributed by atoms with Crippen molar-refractivity contribution in [3.63, 3.8) is 0 Å². The number of ether oxygens (including phenoxy) is 2. The third kappa shape index (κ3) is 4.81. The molecule has 0 aromatic heterocycles. The van der Waals surface area contributed by atoms with Crippen LogP contribution in [-0.2, 0) is 14.3 Å². The maximum atomic E-state index is 13.1. The Kier molecular flexibility index (Phi) is 6.16. The van der Waals surface area contributed by atoms with E-state index in [1.165, 1.54) is 0 Å². The molecular weight excluding hydrogens is 430 g/mol. The minimum absolute atomic E-state index is 0.0144. The van der Waals surface area contributed by atoms with Crippen LogP contribution in [0.2, 0.25) is 0 Å². The average molecular weight is 458 g/mol. The Bertz CT molecular complexity index is 1250. The van der Waals surface area contributed by atoms with Crippen LogP contribution in [0.5, 0.6) is 5.75 Å². The second-order valence-electron chi connectivity index (χ2n) is 9.48. The van der Waals surface area contributed by atoms with Crippen LogP contribution >= 0.6 is 0 Å². The molecule has 1 aliphatic heterocycles. The van der Waals surface area contributed by atoms with Gasteiger partial charge in [0, 0.05) is 24.1 Å². The van der Waals surface area contributed by atoms with Gasteiger partial charge in [-0.2, -0.15) is 5.26 Å². The summed E-state index contributed by atoms with van der Waals surface area (Å²) in [6.45, 7) is 5.79. The van der Waals surface area contributed by atoms with E-state index in [-0.39, 0.29) is 35.2 Å². The highest BCUT2D eigenvalue weighted by Crippen LogP contribution is 2.48. The summed E-state index contributed by atoms with van der Waals surface area (Å²) >= 11 is 0. The van der Waals surface area contributed by atoms with E-state index < -0.39 is 5.92 Å². The Labute approximate surface area is 198 Å². The van der Waals surface area contributed by atoms with E-state index in [0.29, 0.717) is 41.2 Å². The molecule has 0 spiro atoms. The topological polar surface area (TPSA) is 114 Å². The molecule has 2 aromatic rings. The van der Waals surface area contributed by atoms with Crippen LogP contribution in [0.4, 0.5) is 5.69 Å². The minimum Gasteiger partial charge on any atom is -0.484 e. The fourth-order valence-electron chi connectivity index (χ4n) is 4.38. The summed E-state index contributed by atoms with van der Waals surface area (Å²) in [7, 11) is 0. The van der Waals surface area contributed by atoms with Crippen LogP contribution in [0.1, 0.15) is 43.7 Å². The molecule has 1 aliphatic carbocycles. The summed E-state index contributed by atoms with van der Waals surface area (Å²) in [5.74, 6) is -0.00353. The fourth-order valence-corrected chi connectivity index (χ4v) is 4.38. The van der Waals surface area contributed by atoms with Gasteiger partial charge in [-0.25, -0.2) is 0 Å². The summed E-state index contributed by atoms with van der Waals surface area (Å²) < 4.78 is 11.4. The molecule has 3 N–H and O–H groups in total. The molecule has 0 fully saturated rings. The van der Waals surface area contributed by atoms with Gasteiger partial charge in [-0.15, -0.1) is 0 Å². The molecule has 0 saturated carbocycles. The van der Waals surface area contributed by atoms with Crippen molar-refractivity contribution in [1.82, 2.24) is 0 Å². The number of carbonyl (C=O) groups excluding carboxylic acids is 2. The van der Waals surface area contributed by atoms with Gasteiger partial charge in [0.2, 0.25) is 5.88 Å². The normalized spacial score (nSPS) is 19.1. The van der Waals surface area contributed by atoms with E-state index >= 15 is 0 Å². The van der Waals surface area contributed by atoms with Gasteiger partial charge < -0.3 is 20.5 Å². The smallest absolute Gasteiger partial charge is 0.262 e. The molecule has 7 heteroatoms. The molecule has 7 nitrogen and oxygen atoms in total. The lowest BCUT2D eigenvalue weighted by Gasteiger charge is -2.37. The van der Waals surface area contributed by atoms with E-state index in [9.17, 15) is 14.9 Å². The predicted octanol–water partition coefficient (Wildman–Crippen LogP) is 4.46. The molecule has 1 atom stereocenters. The quantitative estimate of drug-likeness (QED) is 0.685. The Balaban J connectivity index is 1.56. The first kappa shape index (κ1) is 23.1. The minimum atomic E-state index is -0.637. The number of carbonyl (C=O) groups is 2. The Morgan fingerprint density at radius 2 is 1.97 bits per heavy atom. The summed E-state index contributed by atoms with van der Waals surface area (Å²) in [5, 5.41) is 12.6. The summed E-state index contributed by atoms with van der Waals surface area (Å²) in [4.78, 5) is 25.4. The van der Waals surface area contributed by atoms with Gasteiger partial charge in [0.05, 0.1) is 5.92 Å². The largest absolute Gasteiger partial charge is 0.484 e. The van der Waals surface area contributed by atoms with Gasteiger partial charge in [0.25, 0.3) is 5.91 Å². The molecule has 0 saturated heterocycles. The molecule has 1 unspecified atom stereocenters. The SMILES string of the molecule is Cc1ccc(NC(=O)COc2cccc(C3C(C#N)=C(N)OC4=C3C(=O)CC(C)(C)C4)c2)cc1. The monoisotopic (exact) mass is 457 g/mol. The van der Waals surface area contributed by atoms with Crippen molar-refractivity contribution < 1.29 is 19.1 Å². The number of nitrogens with two attached hydrogens (primary N) is 1. The number of amides is 1. The number of anilines is 1. The first-order chi connectivity index (χ1) is 16.2. The molecular formula is C27H27N3O4. The summed E-state index contributed by atoms with van der Waals surface area (Å²) in [6, 6.07) is 16.6. The van der Waals surface area contributed by atoms with E-state index in [0.717, 1.165) is 5.56 Å². The average Bonchev–Trinajstić information content (AvgIpc) is 2.77. The highest BCUT2D eigenvalue weighted by atomic mass is 16.5. The van der Waals surface area contributed by atoms with Gasteiger partial charge >= 0.3 is 0 Å². The second-order valence-corrected chi connectivity index (χ2v) is 9.48. The van der Waals surface area contributed by atoms with Gasteiger partial charge in [-0.3, -0.25) is 9.59 Å². The van der Waals surface area contributed by atoms with E-state index in [1.54, 1.807) is 18.2 Å². The molecule has 1 amide bonds. The lowest BCUT2D eigenvalue weighted by atomic mass is 9.70. The van der Waals surface area contributed by atoms with E-state index in [2.05, 4.69) is 11.4 Å². The molecule has 1 heterocycles. The van der Waals surface area contributed by atoms with Crippen LogP contribution in [0.15, 0.2) is 71.3 Å². The van der Waals surface area contributed by atoms with Crippen LogP contribution in [0.25, 0.3) is 0 Å². The molecule has 174 valence electrons. The number of Topliss-reactive ketones (excluding diaryl/α,β-unsaturated/α-hetero) is 1. The van der Waals surface area contributed by atoms with E-state index in [1.807, 2.05) is 51.1 Å². The van der Waals surface area contributed by atoms with Crippen LogP contribution < -0.4 is 15.8 Å². The zero-order chi connectivity index (χ0) is 24.5. The molecule has 2 aromatic carbocycles. The number of aryl methyl sites for hydroxylation is 1. The number of allylic oxidation sites excluding steroid dienone is 3. The van der Waals surface area contributed by atoms with Crippen molar-refractivity contribution in [2.75, 3.05) is 11.9 Å². The molecule has 0 radical (unpaired) electrons. The molecule has 0 bridgehead atoms. The number of rotatable bonds is 5. The lowest BCUT2D eigenvalue weighted by molar-refractivity contribution is -0.119. The third-order valence-corrected chi connectivity index (χ3v) is 5.97. The Morgan fingerprint density at radius 1 is 1.24 bits per heavy atom. The van der Waals surface area contributed by atoms with Crippen molar-refractivity contribution in [2.24, 2.45) is 11.1 Å². The highest BCUT2D eigenvalue weighted by molar-refractivity contribution is 6.00. The van der Waals surface area contributed by atoms with Gasteiger partial charge in [-0.1, -0.05) is 43.7 Å². The van der Waals surface area contributed by atoms with Gasteiger partial charge in [-0.05, 0) is 42.2 Å². The predicted molar refractivity (Wildman–Crippen MR) is 127 cm³/mol. The maximum absolute atomic E-state index is 13.1. The first-order valence-electron chi connectivity index (χ1n) is 11.1. The molecule has 2 aliphatic rings. The number of ketones is 1. The van der Waals surface area contributed by atoms with Crippen molar-refractivity contribution in [1.29, 1.82) is 5.26 Å². The van der Waals surface area contributed by atoms with Gasteiger partial charge in [0.15, 0.2) is 12.4 Å². The van der Waals surface area contributed by atoms with Crippen molar-refractivity contribution in [2.45, 2.75) is 39.5 Å². The first-order valence-corrected chi connectivity index (χ1v) is 11.1. The standard InChI is InChI=1S/C27H27N3O4/c1-16-7-9-18(10-8-16)30-23(32)15-33-19-6-4-5-17(11-19)24-20(14-28)26(29)34-22-13-27(2,3)12-21(31)25(22)24/h4-11,24H,12-13,15,29H2,1-3H3,(H,30,32). The molecule has 4 rings (SSSR count). The lowest BCUT2D eigenvalue weighted by Crippen LogP contribution is -2.33. The van der Waals surface area contributed by atoms with Crippen molar-refractivity contribution in [3.05, 3.63) is 82.4 Å². The number of nitrogens with one attached hydrogen (secondary N) is 1. The summed E-state index contributed by atoms with van der Waals surface area (Å²) in [5.41, 5.74) is 8.97. The number of hydrogen-bond acceptors (Lipinski definition) is 6. The number of benzene rings is 2. The van der Waals surface area contributed by atoms with Crippen molar-refractivity contribution >= 4 is 17.4 Å². The molecule has 34 heavy (non-hydrogen) atoms. The third-order valence-electron chi connectivity index (χ3n) is 5.97. The van der Waals surface area contributed by atoms with E-state index in [4.69, 9.17) is 15.2 Å². The Morgan fingerprint density at radius 3 is 2.68 bits per heavy atom. The maximum Gasteiger partial charge on any atom is 0.262 e.